The van der Waals surface area contributed by atoms with Gasteiger partial charge < -0.3 is 5.73 Å². The molecular formula is C20H18N6S. The first-order valence-corrected chi connectivity index (χ1v) is 9.37. The summed E-state index contributed by atoms with van der Waals surface area (Å²) in [5, 5.41) is 18.2. The first-order chi connectivity index (χ1) is 13.1. The smallest absolute Gasteiger partial charge is 0.103 e. The van der Waals surface area contributed by atoms with E-state index in [0.29, 0.717) is 17.3 Å². The fraction of sp³-hybridized carbons (Fsp3) is 0.150. The molecule has 4 rings (SSSR count). The topological polar surface area (TPSA) is 84.9 Å². The Morgan fingerprint density at radius 3 is 2.63 bits per heavy atom. The third-order valence-electron chi connectivity index (χ3n) is 4.30. The molecule has 27 heavy (non-hydrogen) atoms. The average molecular weight is 374 g/mol. The molecule has 0 fully saturated rings. The number of pyridine rings is 1. The summed E-state index contributed by atoms with van der Waals surface area (Å²) in [6.45, 7) is 4.18. The maximum atomic E-state index is 9.40. The van der Waals surface area contributed by atoms with Crippen LogP contribution in [0.1, 0.15) is 25.5 Å². The lowest BCUT2D eigenvalue weighted by atomic mass is 10.1. The summed E-state index contributed by atoms with van der Waals surface area (Å²) >= 11 is 1.52. The molecule has 3 heterocycles. The van der Waals surface area contributed by atoms with Gasteiger partial charge in [-0.05, 0) is 32.0 Å². The maximum Gasteiger partial charge on any atom is 0.103 e. The average Bonchev–Trinajstić information content (AvgIpc) is 3.30. The summed E-state index contributed by atoms with van der Waals surface area (Å²) in [5.74, 6) is 0. The highest BCUT2D eigenvalue weighted by Crippen LogP contribution is 2.37. The Morgan fingerprint density at radius 2 is 1.89 bits per heavy atom. The van der Waals surface area contributed by atoms with E-state index in [-0.39, 0.29) is 0 Å². The number of hydrogen-bond donors (Lipinski definition) is 1. The molecule has 2 N–H and O–H groups in total. The molecule has 7 heteroatoms. The number of aromatic nitrogens is 4. The van der Waals surface area contributed by atoms with E-state index in [0.717, 1.165) is 26.4 Å². The van der Waals surface area contributed by atoms with Crippen molar-refractivity contribution in [1.29, 1.82) is 5.26 Å². The second-order valence-electron chi connectivity index (χ2n) is 6.50. The van der Waals surface area contributed by atoms with Crippen molar-refractivity contribution >= 4 is 23.0 Å². The summed E-state index contributed by atoms with van der Waals surface area (Å²) in [6.07, 6.45) is 7.48. The van der Waals surface area contributed by atoms with Gasteiger partial charge >= 0.3 is 0 Å². The van der Waals surface area contributed by atoms with Crippen molar-refractivity contribution in [3.05, 3.63) is 60.7 Å². The van der Waals surface area contributed by atoms with E-state index >= 15 is 0 Å². The fourth-order valence-corrected chi connectivity index (χ4v) is 3.98. The van der Waals surface area contributed by atoms with Crippen molar-refractivity contribution in [2.75, 3.05) is 5.73 Å². The van der Waals surface area contributed by atoms with E-state index in [9.17, 15) is 5.26 Å². The molecule has 1 aromatic carbocycles. The minimum Gasteiger partial charge on any atom is -0.396 e. The molecule has 134 valence electrons. The predicted molar refractivity (Wildman–Crippen MR) is 106 cm³/mol. The Labute approximate surface area is 161 Å². The molecule has 0 saturated heterocycles. The highest BCUT2D eigenvalue weighted by molar-refractivity contribution is 7.99. The number of nitriles is 1. The first kappa shape index (κ1) is 17.2. The maximum absolute atomic E-state index is 9.40. The zero-order valence-corrected chi connectivity index (χ0v) is 15.8. The van der Waals surface area contributed by atoms with Crippen LogP contribution in [0.4, 0.5) is 5.69 Å². The lowest BCUT2D eigenvalue weighted by molar-refractivity contribution is 0.532. The van der Waals surface area contributed by atoms with E-state index in [1.807, 2.05) is 47.5 Å². The molecule has 0 atom stereocenters. The normalized spacial score (nSPS) is 11.2. The fourth-order valence-electron chi connectivity index (χ4n) is 2.88. The molecular weight excluding hydrogens is 356 g/mol. The van der Waals surface area contributed by atoms with Crippen LogP contribution in [0.3, 0.4) is 0 Å². The van der Waals surface area contributed by atoms with Crippen LogP contribution in [-0.4, -0.2) is 19.4 Å². The third-order valence-corrected chi connectivity index (χ3v) is 5.40. The van der Waals surface area contributed by atoms with Gasteiger partial charge in [-0.15, -0.1) is 0 Å². The van der Waals surface area contributed by atoms with Crippen LogP contribution in [0.25, 0.3) is 16.6 Å². The van der Waals surface area contributed by atoms with Crippen LogP contribution in [0.2, 0.25) is 0 Å². The number of rotatable bonds is 4. The quantitative estimate of drug-likeness (QED) is 0.573. The number of hydrogen-bond acceptors (Lipinski definition) is 5. The van der Waals surface area contributed by atoms with Crippen LogP contribution in [0.5, 0.6) is 0 Å². The van der Waals surface area contributed by atoms with Crippen molar-refractivity contribution in [3.8, 4) is 17.2 Å². The van der Waals surface area contributed by atoms with Crippen LogP contribution in [0, 0.1) is 11.3 Å². The summed E-state index contributed by atoms with van der Waals surface area (Å²) in [7, 11) is 0. The Bertz CT molecular complexity index is 1160. The molecule has 0 aliphatic rings. The van der Waals surface area contributed by atoms with Gasteiger partial charge in [-0.2, -0.15) is 15.5 Å². The number of benzene rings is 1. The van der Waals surface area contributed by atoms with E-state index < -0.39 is 0 Å². The van der Waals surface area contributed by atoms with Crippen LogP contribution < -0.4 is 5.73 Å². The SMILES string of the molecule is CC(C)n1cc(-c2cc(Sc3ccccc3C#N)c3c(N)cnn3c2)cn1. The Morgan fingerprint density at radius 1 is 1.07 bits per heavy atom. The van der Waals surface area contributed by atoms with E-state index in [4.69, 9.17) is 5.73 Å². The summed E-state index contributed by atoms with van der Waals surface area (Å²) in [4.78, 5) is 1.83. The van der Waals surface area contributed by atoms with E-state index in [1.165, 1.54) is 11.8 Å². The standard InChI is InChI=1S/C20H18N6S/c1-13(2)25-12-16(9-23-25)15-7-19(20-17(22)10-24-26(20)11-15)27-18-6-4-3-5-14(18)8-21/h3-7,9-13H,22H2,1-2H3. The third kappa shape index (κ3) is 3.15. The van der Waals surface area contributed by atoms with Crippen molar-refractivity contribution in [3.63, 3.8) is 0 Å². The minimum absolute atomic E-state index is 0.291. The number of fused-ring (bicyclic) bond motifs is 1. The Kier molecular flexibility index (Phi) is 4.34. The van der Waals surface area contributed by atoms with Gasteiger partial charge in [0.15, 0.2) is 0 Å². The molecule has 0 radical (unpaired) electrons. The number of anilines is 1. The molecule has 0 amide bonds. The molecule has 0 unspecified atom stereocenters. The van der Waals surface area contributed by atoms with Gasteiger partial charge in [-0.25, -0.2) is 4.52 Å². The van der Waals surface area contributed by atoms with Gasteiger partial charge in [0.1, 0.15) is 11.6 Å². The van der Waals surface area contributed by atoms with Gasteiger partial charge in [-0.1, -0.05) is 23.9 Å². The lowest BCUT2D eigenvalue weighted by Crippen LogP contribution is -1.99. The Hall–Kier alpha value is -3.24. The van der Waals surface area contributed by atoms with Crippen LogP contribution >= 0.6 is 11.8 Å². The van der Waals surface area contributed by atoms with Gasteiger partial charge in [0, 0.05) is 39.4 Å². The zero-order valence-electron chi connectivity index (χ0n) is 15.0. The zero-order chi connectivity index (χ0) is 19.0. The molecule has 0 aliphatic carbocycles. The van der Waals surface area contributed by atoms with E-state index in [2.05, 4.69) is 36.2 Å². The molecule has 0 spiro atoms. The molecule has 3 aromatic heterocycles. The molecule has 6 nitrogen and oxygen atoms in total. The van der Waals surface area contributed by atoms with Crippen molar-refractivity contribution in [2.45, 2.75) is 29.7 Å². The number of nitrogens with zero attached hydrogens (tertiary/aromatic N) is 5. The van der Waals surface area contributed by atoms with Gasteiger partial charge in [0.2, 0.25) is 0 Å². The van der Waals surface area contributed by atoms with Crippen LogP contribution in [-0.2, 0) is 0 Å². The highest BCUT2D eigenvalue weighted by atomic mass is 32.2. The number of nitrogen functional groups attached to an aromatic ring is 1. The van der Waals surface area contributed by atoms with Crippen molar-refractivity contribution in [2.24, 2.45) is 0 Å². The number of nitrogens with two attached hydrogens (primary N) is 1. The molecule has 0 saturated carbocycles. The second kappa shape index (κ2) is 6.82. The Balaban J connectivity index is 1.85. The van der Waals surface area contributed by atoms with Crippen LogP contribution in [0.15, 0.2) is 64.9 Å². The largest absolute Gasteiger partial charge is 0.396 e. The summed E-state index contributed by atoms with van der Waals surface area (Å²) in [5.41, 5.74) is 10.2. The second-order valence-corrected chi connectivity index (χ2v) is 7.58. The molecule has 4 aromatic rings. The summed E-state index contributed by atoms with van der Waals surface area (Å²) < 4.78 is 3.71. The predicted octanol–water partition coefficient (Wildman–Crippen LogP) is 4.38. The van der Waals surface area contributed by atoms with Crippen molar-refractivity contribution < 1.29 is 0 Å². The lowest BCUT2D eigenvalue weighted by Gasteiger charge is -2.09. The van der Waals surface area contributed by atoms with Crippen molar-refractivity contribution in [1.82, 2.24) is 19.4 Å². The van der Waals surface area contributed by atoms with Gasteiger partial charge in [0.05, 0.1) is 23.6 Å². The minimum atomic E-state index is 0.291. The molecule has 0 aliphatic heterocycles. The first-order valence-electron chi connectivity index (χ1n) is 8.55. The van der Waals surface area contributed by atoms with Gasteiger partial charge in [-0.3, -0.25) is 4.68 Å². The summed E-state index contributed by atoms with van der Waals surface area (Å²) in [6, 6.07) is 12.2. The monoisotopic (exact) mass is 374 g/mol. The van der Waals surface area contributed by atoms with E-state index in [1.54, 1.807) is 10.7 Å². The highest BCUT2D eigenvalue weighted by Gasteiger charge is 2.14. The molecule has 0 bridgehead atoms. The van der Waals surface area contributed by atoms with Gasteiger partial charge in [0.25, 0.3) is 0 Å².